The van der Waals surface area contributed by atoms with Crippen LogP contribution < -0.4 is 0 Å². The van der Waals surface area contributed by atoms with Gasteiger partial charge in [0.1, 0.15) is 17.3 Å². The summed E-state index contributed by atoms with van der Waals surface area (Å²) in [6.45, 7) is 1.69. The summed E-state index contributed by atoms with van der Waals surface area (Å²) in [6.07, 6.45) is 3.07. The largest absolute Gasteiger partial charge is 0.298 e. The van der Waals surface area contributed by atoms with Gasteiger partial charge in [-0.25, -0.2) is 9.37 Å². The molecule has 88 valence electrons. The Hall–Kier alpha value is -1.51. The number of hydrogen-bond donors (Lipinski definition) is 0. The highest BCUT2D eigenvalue weighted by Gasteiger charge is 2.19. The van der Waals surface area contributed by atoms with E-state index >= 15 is 0 Å². The number of rotatable bonds is 2. The molecule has 1 heterocycles. The maximum Gasteiger partial charge on any atom is 0.294 e. The fourth-order valence-electron chi connectivity index (χ4n) is 1.50. The van der Waals surface area contributed by atoms with E-state index in [1.165, 1.54) is 16.8 Å². The van der Waals surface area contributed by atoms with Gasteiger partial charge in [-0.05, 0) is 29.5 Å². The molecule has 1 aromatic heterocycles. The molecule has 0 atom stereocenters. The molecule has 1 aromatic carbocycles. The van der Waals surface area contributed by atoms with Gasteiger partial charge in [-0.3, -0.25) is 14.7 Å². The maximum atomic E-state index is 13.5. The van der Waals surface area contributed by atoms with Crippen molar-refractivity contribution in [3.63, 3.8) is 0 Å². The fraction of sp³-hybridized carbons (Fsp3) is 0.100. The van der Waals surface area contributed by atoms with Gasteiger partial charge in [0.25, 0.3) is 5.69 Å². The molecule has 0 aliphatic carbocycles. The molecule has 7 heteroatoms. The van der Waals surface area contributed by atoms with Crippen molar-refractivity contribution in [1.29, 1.82) is 0 Å². The lowest BCUT2D eigenvalue weighted by Crippen LogP contribution is -2.03. The molecule has 0 amide bonds. The second kappa shape index (κ2) is 4.40. The van der Waals surface area contributed by atoms with Gasteiger partial charge in [0, 0.05) is 24.5 Å². The van der Waals surface area contributed by atoms with Crippen LogP contribution in [-0.4, -0.2) is 14.5 Å². The molecule has 0 saturated carbocycles. The molecule has 0 saturated heterocycles. The Kier molecular flexibility index (Phi) is 3.09. The predicted octanol–water partition coefficient (Wildman–Crippen LogP) is 2.83. The summed E-state index contributed by atoms with van der Waals surface area (Å²) in [4.78, 5) is 14.4. The highest BCUT2D eigenvalue weighted by Crippen LogP contribution is 2.27. The molecule has 0 aliphatic heterocycles. The number of nitrogens with zero attached hydrogens (tertiary/aromatic N) is 3. The van der Waals surface area contributed by atoms with Gasteiger partial charge in [-0.2, -0.15) is 0 Å². The first kappa shape index (κ1) is 12.0. The molecule has 2 aromatic rings. The number of benzene rings is 1. The van der Waals surface area contributed by atoms with Crippen molar-refractivity contribution in [3.8, 4) is 5.69 Å². The number of hydrogen-bond acceptors (Lipinski definition) is 3. The molecule has 0 aliphatic rings. The van der Waals surface area contributed by atoms with E-state index in [-0.39, 0.29) is 14.9 Å². The van der Waals surface area contributed by atoms with Crippen molar-refractivity contribution in [2.75, 3.05) is 0 Å². The molecule has 0 radical (unpaired) electrons. The second-order valence-electron chi connectivity index (χ2n) is 3.36. The van der Waals surface area contributed by atoms with Crippen molar-refractivity contribution in [3.05, 3.63) is 49.9 Å². The Labute approximate surface area is 110 Å². The van der Waals surface area contributed by atoms with Crippen LogP contribution in [0.3, 0.4) is 0 Å². The highest BCUT2D eigenvalue weighted by atomic mass is 127. The Bertz CT molecular complexity index is 597. The molecule has 0 unspecified atom stereocenters. The molecule has 0 fully saturated rings. The molecule has 5 nitrogen and oxygen atoms in total. The predicted molar refractivity (Wildman–Crippen MR) is 67.6 cm³/mol. The van der Waals surface area contributed by atoms with E-state index in [1.54, 1.807) is 35.7 Å². The van der Waals surface area contributed by atoms with Gasteiger partial charge in [-0.1, -0.05) is 0 Å². The number of imidazole rings is 1. The molecule has 0 bridgehead atoms. The first-order valence-electron chi connectivity index (χ1n) is 4.64. The quantitative estimate of drug-likeness (QED) is 0.477. The Morgan fingerprint density at radius 3 is 2.76 bits per heavy atom. The van der Waals surface area contributed by atoms with Crippen LogP contribution in [0.1, 0.15) is 5.82 Å². The number of halogens is 2. The first-order valence-corrected chi connectivity index (χ1v) is 5.72. The summed E-state index contributed by atoms with van der Waals surface area (Å²) >= 11 is 1.72. The van der Waals surface area contributed by atoms with Crippen molar-refractivity contribution in [2.24, 2.45) is 0 Å². The lowest BCUT2D eigenvalue weighted by Gasteiger charge is -2.07. The maximum absolute atomic E-state index is 13.5. The van der Waals surface area contributed by atoms with Crippen LogP contribution in [0.25, 0.3) is 5.69 Å². The van der Waals surface area contributed by atoms with Gasteiger partial charge in [-0.15, -0.1) is 0 Å². The van der Waals surface area contributed by atoms with Gasteiger partial charge < -0.3 is 0 Å². The minimum absolute atomic E-state index is 0.142. The van der Waals surface area contributed by atoms with Crippen LogP contribution in [0.15, 0.2) is 24.5 Å². The smallest absolute Gasteiger partial charge is 0.294 e. The molecule has 0 N–H and O–H groups in total. The van der Waals surface area contributed by atoms with Crippen LogP contribution in [-0.2, 0) is 0 Å². The third kappa shape index (κ3) is 2.14. The highest BCUT2D eigenvalue weighted by molar-refractivity contribution is 14.1. The SMILES string of the molecule is Cc1nccn1-c1cc(F)c(I)cc1[N+](=O)[O-]. The summed E-state index contributed by atoms with van der Waals surface area (Å²) in [6, 6.07) is 2.36. The summed E-state index contributed by atoms with van der Waals surface area (Å²) in [5, 5.41) is 10.9. The zero-order valence-corrected chi connectivity index (χ0v) is 10.9. The third-order valence-corrected chi connectivity index (χ3v) is 3.13. The molecular formula is C10H7FIN3O2. The van der Waals surface area contributed by atoms with Crippen molar-refractivity contribution in [1.82, 2.24) is 9.55 Å². The third-order valence-electron chi connectivity index (χ3n) is 2.30. The summed E-state index contributed by atoms with van der Waals surface area (Å²) in [5.74, 6) is 0.0769. The van der Waals surface area contributed by atoms with Gasteiger partial charge >= 0.3 is 0 Å². The van der Waals surface area contributed by atoms with E-state index in [1.807, 2.05) is 0 Å². The standard InChI is InChI=1S/C10H7FIN3O2/c1-6-13-2-3-14(6)9-4-7(11)8(12)5-10(9)15(16)17/h2-5H,1H3. The minimum Gasteiger partial charge on any atom is -0.298 e. The summed E-state index contributed by atoms with van der Waals surface area (Å²) < 4.78 is 15.2. The number of aryl methyl sites for hydroxylation is 1. The number of aromatic nitrogens is 2. The van der Waals surface area contributed by atoms with Gasteiger partial charge in [0.05, 0.1) is 8.49 Å². The molecule has 0 spiro atoms. The second-order valence-corrected chi connectivity index (χ2v) is 4.52. The van der Waals surface area contributed by atoms with Crippen LogP contribution >= 0.6 is 22.6 Å². The van der Waals surface area contributed by atoms with Crippen LogP contribution in [0.5, 0.6) is 0 Å². The average molecular weight is 347 g/mol. The van der Waals surface area contributed by atoms with Crippen molar-refractivity contribution < 1.29 is 9.31 Å². The van der Waals surface area contributed by atoms with E-state index in [4.69, 9.17) is 0 Å². The molecular weight excluding hydrogens is 340 g/mol. The van der Waals surface area contributed by atoms with E-state index in [0.717, 1.165) is 6.07 Å². The number of nitro groups is 1. The lowest BCUT2D eigenvalue weighted by molar-refractivity contribution is -0.384. The Morgan fingerprint density at radius 1 is 1.53 bits per heavy atom. The zero-order valence-electron chi connectivity index (χ0n) is 8.72. The van der Waals surface area contributed by atoms with Crippen LogP contribution in [0, 0.1) is 26.4 Å². The van der Waals surface area contributed by atoms with E-state index in [2.05, 4.69) is 4.98 Å². The minimum atomic E-state index is -0.531. The van der Waals surface area contributed by atoms with Crippen molar-refractivity contribution in [2.45, 2.75) is 6.92 Å². The average Bonchev–Trinajstić information content (AvgIpc) is 2.67. The monoisotopic (exact) mass is 347 g/mol. The topological polar surface area (TPSA) is 61.0 Å². The van der Waals surface area contributed by atoms with E-state index in [0.29, 0.717) is 5.82 Å². The van der Waals surface area contributed by atoms with Gasteiger partial charge in [0.2, 0.25) is 0 Å². The van der Waals surface area contributed by atoms with Crippen molar-refractivity contribution >= 4 is 28.3 Å². The van der Waals surface area contributed by atoms with Gasteiger partial charge in [0.15, 0.2) is 0 Å². The van der Waals surface area contributed by atoms with Crippen LogP contribution in [0.2, 0.25) is 0 Å². The normalized spacial score (nSPS) is 10.5. The summed E-state index contributed by atoms with van der Waals surface area (Å²) in [7, 11) is 0. The van der Waals surface area contributed by atoms with Crippen LogP contribution in [0.4, 0.5) is 10.1 Å². The first-order chi connectivity index (χ1) is 8.00. The van der Waals surface area contributed by atoms with E-state index in [9.17, 15) is 14.5 Å². The zero-order chi connectivity index (χ0) is 12.6. The molecule has 2 rings (SSSR count). The number of nitro benzene ring substituents is 1. The Morgan fingerprint density at radius 2 is 2.24 bits per heavy atom. The summed E-state index contributed by atoms with van der Waals surface area (Å²) in [5.41, 5.74) is 0.0415. The fourth-order valence-corrected chi connectivity index (χ4v) is 1.95. The van der Waals surface area contributed by atoms with E-state index < -0.39 is 10.7 Å². The molecule has 17 heavy (non-hydrogen) atoms. The Balaban J connectivity index is 2.72. The lowest BCUT2D eigenvalue weighted by atomic mass is 10.2.